The van der Waals surface area contributed by atoms with Crippen molar-refractivity contribution in [2.24, 2.45) is 0 Å². The Balaban J connectivity index is 1.71. The molecule has 0 aliphatic carbocycles. The van der Waals surface area contributed by atoms with E-state index in [1.807, 2.05) is 0 Å². The summed E-state index contributed by atoms with van der Waals surface area (Å²) in [4.78, 5) is 7.03. The molecule has 0 spiro atoms. The molecule has 0 radical (unpaired) electrons. The van der Waals surface area contributed by atoms with Crippen molar-refractivity contribution in [3.05, 3.63) is 5.82 Å². The molecule has 2 bridgehead atoms. The molecule has 5 heteroatoms. The molecule has 2 aliphatic heterocycles. The second-order valence-corrected chi connectivity index (χ2v) is 6.69. The van der Waals surface area contributed by atoms with Gasteiger partial charge in [0, 0.05) is 42.6 Å². The normalized spacial score (nSPS) is 31.0. The highest BCUT2D eigenvalue weighted by molar-refractivity contribution is 7.09. The minimum atomic E-state index is 0.424. The van der Waals surface area contributed by atoms with E-state index < -0.39 is 0 Å². The molecule has 1 N–H and O–H groups in total. The number of anilines is 1. The number of hydrogen-bond acceptors (Lipinski definition) is 5. The topological polar surface area (TPSA) is 41.1 Å². The third-order valence-corrected chi connectivity index (χ3v) is 5.07. The minimum absolute atomic E-state index is 0.424. The lowest BCUT2D eigenvalue weighted by atomic mass is 9.99. The molecule has 1 aromatic rings. The smallest absolute Gasteiger partial charge is 0.205 e. The fraction of sp³-hybridized carbons (Fsp3) is 0.846. The molecular weight excluding hydrogens is 244 g/mol. The summed E-state index contributed by atoms with van der Waals surface area (Å²) in [5.74, 6) is 1.41. The van der Waals surface area contributed by atoms with E-state index in [-0.39, 0.29) is 0 Å². The van der Waals surface area contributed by atoms with Crippen LogP contribution in [0.15, 0.2) is 0 Å². The maximum Gasteiger partial charge on any atom is 0.205 e. The van der Waals surface area contributed by atoms with Crippen LogP contribution in [0.5, 0.6) is 0 Å². The first-order valence-corrected chi connectivity index (χ1v) is 7.73. The van der Waals surface area contributed by atoms with Crippen molar-refractivity contribution in [2.75, 3.05) is 11.9 Å². The predicted octanol–water partition coefficient (Wildman–Crippen LogP) is 2.38. The van der Waals surface area contributed by atoms with E-state index in [2.05, 4.69) is 40.5 Å². The van der Waals surface area contributed by atoms with Gasteiger partial charge in [0.2, 0.25) is 5.13 Å². The fourth-order valence-electron chi connectivity index (χ4n) is 3.10. The van der Waals surface area contributed by atoms with Crippen molar-refractivity contribution in [2.45, 2.75) is 63.6 Å². The second-order valence-electron chi connectivity index (χ2n) is 5.96. The summed E-state index contributed by atoms with van der Waals surface area (Å²) in [6.07, 6.45) is 5.21. The van der Waals surface area contributed by atoms with Crippen LogP contribution in [0.4, 0.5) is 5.13 Å². The van der Waals surface area contributed by atoms with Gasteiger partial charge in [-0.05, 0) is 25.7 Å². The monoisotopic (exact) mass is 266 g/mol. The van der Waals surface area contributed by atoms with Gasteiger partial charge >= 0.3 is 0 Å². The summed E-state index contributed by atoms with van der Waals surface area (Å²) in [5, 5.41) is 4.78. The Morgan fingerprint density at radius 2 is 1.94 bits per heavy atom. The van der Waals surface area contributed by atoms with E-state index in [9.17, 15) is 0 Å². The van der Waals surface area contributed by atoms with Gasteiger partial charge in [0.05, 0.1) is 0 Å². The lowest BCUT2D eigenvalue weighted by Gasteiger charge is -2.35. The molecule has 2 unspecified atom stereocenters. The Labute approximate surface area is 113 Å². The summed E-state index contributed by atoms with van der Waals surface area (Å²) in [6.45, 7) is 4.30. The number of fused-ring (bicyclic) bond motifs is 2. The van der Waals surface area contributed by atoms with E-state index in [0.717, 1.165) is 23.0 Å². The zero-order valence-corrected chi connectivity index (χ0v) is 12.2. The van der Waals surface area contributed by atoms with Crippen LogP contribution in [-0.4, -0.2) is 34.5 Å². The molecule has 2 fully saturated rings. The van der Waals surface area contributed by atoms with Crippen LogP contribution in [0.25, 0.3) is 0 Å². The number of nitrogens with one attached hydrogen (secondary N) is 1. The Morgan fingerprint density at radius 1 is 1.28 bits per heavy atom. The highest BCUT2D eigenvalue weighted by Crippen LogP contribution is 2.32. The SMILES string of the molecule is CC(C)c1nsc(N(C)C2CC3CCC(C2)N3)n1. The van der Waals surface area contributed by atoms with Crippen LogP contribution in [0, 0.1) is 0 Å². The molecule has 100 valence electrons. The van der Waals surface area contributed by atoms with Crippen molar-refractivity contribution >= 4 is 16.7 Å². The fourth-order valence-corrected chi connectivity index (χ4v) is 3.94. The summed E-state index contributed by atoms with van der Waals surface area (Å²) in [5.41, 5.74) is 0. The second kappa shape index (κ2) is 4.78. The minimum Gasteiger partial charge on any atom is -0.347 e. The van der Waals surface area contributed by atoms with Gasteiger partial charge in [-0.25, -0.2) is 4.98 Å². The molecule has 0 amide bonds. The van der Waals surface area contributed by atoms with Gasteiger partial charge in [-0.1, -0.05) is 13.8 Å². The zero-order chi connectivity index (χ0) is 12.7. The quantitative estimate of drug-likeness (QED) is 0.912. The van der Waals surface area contributed by atoms with E-state index in [1.54, 1.807) is 11.5 Å². The third kappa shape index (κ3) is 2.26. The maximum atomic E-state index is 4.67. The van der Waals surface area contributed by atoms with Gasteiger partial charge in [-0.15, -0.1) is 0 Å². The Hall–Kier alpha value is -0.680. The van der Waals surface area contributed by atoms with Crippen LogP contribution >= 0.6 is 11.5 Å². The maximum absolute atomic E-state index is 4.67. The summed E-state index contributed by atoms with van der Waals surface area (Å²) >= 11 is 1.55. The summed E-state index contributed by atoms with van der Waals surface area (Å²) < 4.78 is 4.46. The molecule has 3 rings (SSSR count). The third-order valence-electron chi connectivity index (χ3n) is 4.25. The molecule has 18 heavy (non-hydrogen) atoms. The van der Waals surface area contributed by atoms with E-state index in [1.165, 1.54) is 25.7 Å². The van der Waals surface area contributed by atoms with Gasteiger partial charge < -0.3 is 10.2 Å². The van der Waals surface area contributed by atoms with Crippen LogP contribution in [0.3, 0.4) is 0 Å². The van der Waals surface area contributed by atoms with Crippen LogP contribution < -0.4 is 10.2 Å². The Morgan fingerprint density at radius 3 is 2.50 bits per heavy atom. The zero-order valence-electron chi connectivity index (χ0n) is 11.4. The van der Waals surface area contributed by atoms with Gasteiger partial charge in [0.25, 0.3) is 0 Å². The van der Waals surface area contributed by atoms with Gasteiger partial charge in [0.1, 0.15) is 5.82 Å². The van der Waals surface area contributed by atoms with Crippen LogP contribution in [-0.2, 0) is 0 Å². The highest BCUT2D eigenvalue weighted by atomic mass is 32.1. The predicted molar refractivity (Wildman–Crippen MR) is 75.4 cm³/mol. The Bertz CT molecular complexity index is 405. The number of hydrogen-bond donors (Lipinski definition) is 1. The lowest BCUT2D eigenvalue weighted by Crippen LogP contribution is -2.47. The molecule has 2 atom stereocenters. The number of aromatic nitrogens is 2. The van der Waals surface area contributed by atoms with Gasteiger partial charge in [-0.3, -0.25) is 0 Å². The molecule has 2 aliphatic rings. The number of nitrogens with zero attached hydrogens (tertiary/aromatic N) is 3. The van der Waals surface area contributed by atoms with Crippen molar-refractivity contribution in [3.8, 4) is 0 Å². The molecule has 0 saturated carbocycles. The molecule has 3 heterocycles. The van der Waals surface area contributed by atoms with Crippen molar-refractivity contribution in [3.63, 3.8) is 0 Å². The largest absolute Gasteiger partial charge is 0.347 e. The van der Waals surface area contributed by atoms with Crippen molar-refractivity contribution in [1.29, 1.82) is 0 Å². The molecule has 4 nitrogen and oxygen atoms in total. The first kappa shape index (κ1) is 12.4. The molecule has 1 aromatic heterocycles. The average Bonchev–Trinajstić information content (AvgIpc) is 2.95. The first-order valence-electron chi connectivity index (χ1n) is 6.96. The summed E-state index contributed by atoms with van der Waals surface area (Å²) in [7, 11) is 2.18. The highest BCUT2D eigenvalue weighted by Gasteiger charge is 2.35. The number of piperidine rings is 1. The average molecular weight is 266 g/mol. The summed E-state index contributed by atoms with van der Waals surface area (Å²) in [6, 6.07) is 2.10. The molecular formula is C13H22N4S. The van der Waals surface area contributed by atoms with Crippen molar-refractivity contribution < 1.29 is 0 Å². The Kier molecular flexibility index (Phi) is 3.28. The van der Waals surface area contributed by atoms with E-state index >= 15 is 0 Å². The van der Waals surface area contributed by atoms with Crippen LogP contribution in [0.2, 0.25) is 0 Å². The molecule has 0 aromatic carbocycles. The van der Waals surface area contributed by atoms with Crippen molar-refractivity contribution in [1.82, 2.24) is 14.7 Å². The first-order chi connectivity index (χ1) is 8.63. The number of rotatable bonds is 3. The van der Waals surface area contributed by atoms with Crippen LogP contribution in [0.1, 0.15) is 51.3 Å². The standard InChI is InChI=1S/C13H22N4S/c1-8(2)12-15-13(18-16-12)17(3)11-6-9-4-5-10(7-11)14-9/h8-11,14H,4-7H2,1-3H3. The van der Waals surface area contributed by atoms with Gasteiger partial charge in [-0.2, -0.15) is 4.37 Å². The van der Waals surface area contributed by atoms with E-state index in [0.29, 0.717) is 12.0 Å². The lowest BCUT2D eigenvalue weighted by molar-refractivity contribution is 0.354. The molecule has 2 saturated heterocycles. The van der Waals surface area contributed by atoms with E-state index in [4.69, 9.17) is 0 Å². The van der Waals surface area contributed by atoms with Gasteiger partial charge in [0.15, 0.2) is 0 Å².